The quantitative estimate of drug-likeness (QED) is 0.334. The van der Waals surface area contributed by atoms with E-state index in [2.05, 4.69) is 15.3 Å². The van der Waals surface area contributed by atoms with E-state index in [1.807, 2.05) is 37.3 Å². The Morgan fingerprint density at radius 1 is 1.16 bits per heavy atom. The number of fused-ring (bicyclic) bond motifs is 1. The van der Waals surface area contributed by atoms with Crippen molar-refractivity contribution < 1.29 is 9.59 Å². The summed E-state index contributed by atoms with van der Waals surface area (Å²) in [7, 11) is 1.78. The molecule has 8 heteroatoms. The van der Waals surface area contributed by atoms with Crippen molar-refractivity contribution in [1.29, 1.82) is 0 Å². The number of anilines is 1. The number of carbonyl (C=O) groups excluding carboxylic acids is 2. The van der Waals surface area contributed by atoms with Gasteiger partial charge in [0.25, 0.3) is 0 Å². The van der Waals surface area contributed by atoms with Crippen molar-refractivity contribution in [3.8, 4) is 0 Å². The Hall–Kier alpha value is -3.16. The highest BCUT2D eigenvalue weighted by Crippen LogP contribution is 2.27. The van der Waals surface area contributed by atoms with Crippen molar-refractivity contribution >= 4 is 51.6 Å². The van der Waals surface area contributed by atoms with E-state index in [1.54, 1.807) is 42.2 Å². The molecule has 0 atom stereocenters. The number of ketones is 1. The van der Waals surface area contributed by atoms with Crippen LogP contribution >= 0.6 is 23.4 Å². The topological polar surface area (TPSA) is 76.9 Å². The molecule has 0 aliphatic carbocycles. The van der Waals surface area contributed by atoms with E-state index >= 15 is 0 Å². The summed E-state index contributed by atoms with van der Waals surface area (Å²) < 4.78 is 1.68. The van der Waals surface area contributed by atoms with Gasteiger partial charge in [-0.2, -0.15) is 0 Å². The molecule has 1 amide bonds. The number of hydrogen-bond acceptors (Lipinski definition) is 5. The van der Waals surface area contributed by atoms with Gasteiger partial charge in [-0.25, -0.2) is 9.97 Å². The normalized spacial score (nSPS) is 10.9. The second-order valence-electron chi connectivity index (χ2n) is 7.04. The fraction of sp³-hybridized carbons (Fsp3) is 0.130. The first-order valence-electron chi connectivity index (χ1n) is 9.53. The smallest absolute Gasteiger partial charge is 0.234 e. The number of aryl methyl sites for hydroxylation is 2. The van der Waals surface area contributed by atoms with Crippen LogP contribution in [0, 0.1) is 6.92 Å². The van der Waals surface area contributed by atoms with Crippen molar-refractivity contribution in [1.82, 2.24) is 14.5 Å². The maximum atomic E-state index is 13.1. The van der Waals surface area contributed by atoms with Gasteiger partial charge in [-0.1, -0.05) is 47.6 Å². The lowest BCUT2D eigenvalue weighted by Crippen LogP contribution is -2.14. The third kappa shape index (κ3) is 4.62. The zero-order chi connectivity index (χ0) is 22.0. The molecule has 6 nitrogen and oxygen atoms in total. The molecule has 0 unspecified atom stereocenters. The van der Waals surface area contributed by atoms with Crippen molar-refractivity contribution in [2.75, 3.05) is 11.1 Å². The number of benzene rings is 2. The summed E-state index contributed by atoms with van der Waals surface area (Å²) in [5.41, 5.74) is 2.77. The van der Waals surface area contributed by atoms with Gasteiger partial charge in [-0.15, -0.1) is 0 Å². The first kappa shape index (κ1) is 21.1. The number of thioether (sulfide) groups is 1. The zero-order valence-corrected chi connectivity index (χ0v) is 18.5. The number of aromatic nitrogens is 3. The SMILES string of the molecule is Cc1ccc(NC(=O)CSc2cc(C(=O)c3nccn3C)c3ccccc3n2)c(Cl)c1. The Balaban J connectivity index is 1.57. The van der Waals surface area contributed by atoms with Crippen LogP contribution in [-0.4, -0.2) is 32.0 Å². The number of para-hydroxylation sites is 1. The van der Waals surface area contributed by atoms with E-state index in [-0.39, 0.29) is 17.4 Å². The molecule has 0 aliphatic heterocycles. The highest BCUT2D eigenvalue weighted by atomic mass is 35.5. The molecule has 1 N–H and O–H groups in total. The molecule has 0 saturated carbocycles. The Morgan fingerprint density at radius 3 is 2.71 bits per heavy atom. The van der Waals surface area contributed by atoms with Gasteiger partial charge in [0, 0.05) is 30.4 Å². The number of nitrogens with zero attached hydrogens (tertiary/aromatic N) is 3. The molecule has 31 heavy (non-hydrogen) atoms. The number of hydrogen-bond donors (Lipinski definition) is 1. The third-order valence-electron chi connectivity index (χ3n) is 4.71. The van der Waals surface area contributed by atoms with Gasteiger partial charge in [0.2, 0.25) is 11.7 Å². The standard InChI is InChI=1S/C23H19ClN4O2S/c1-14-7-8-19(17(24)11-14)26-20(29)13-31-21-12-16(15-5-3-4-6-18(15)27-21)22(30)23-25-9-10-28(23)2/h3-12H,13H2,1-2H3,(H,26,29). The predicted octanol–water partition coefficient (Wildman–Crippen LogP) is 4.89. The minimum absolute atomic E-state index is 0.131. The number of imidazole rings is 1. The number of nitrogens with one attached hydrogen (secondary N) is 1. The highest BCUT2D eigenvalue weighted by Gasteiger charge is 2.19. The Morgan fingerprint density at radius 2 is 1.97 bits per heavy atom. The first-order valence-corrected chi connectivity index (χ1v) is 10.9. The summed E-state index contributed by atoms with van der Waals surface area (Å²) in [4.78, 5) is 34.3. The second-order valence-corrected chi connectivity index (χ2v) is 8.44. The van der Waals surface area contributed by atoms with Crippen molar-refractivity contribution in [2.45, 2.75) is 11.9 Å². The van der Waals surface area contributed by atoms with Gasteiger partial charge in [-0.05, 0) is 36.8 Å². The lowest BCUT2D eigenvalue weighted by atomic mass is 10.1. The summed E-state index contributed by atoms with van der Waals surface area (Å²) in [5, 5.41) is 4.63. The Labute approximate surface area is 188 Å². The third-order valence-corrected chi connectivity index (χ3v) is 5.94. The molecule has 2 aromatic heterocycles. The van der Waals surface area contributed by atoms with Crippen LogP contribution in [0.4, 0.5) is 5.69 Å². The largest absolute Gasteiger partial charge is 0.331 e. The molecule has 2 aromatic carbocycles. The number of rotatable bonds is 6. The van der Waals surface area contributed by atoms with Crippen LogP contribution < -0.4 is 5.32 Å². The van der Waals surface area contributed by atoms with Gasteiger partial charge < -0.3 is 9.88 Å². The van der Waals surface area contributed by atoms with Gasteiger partial charge in [-0.3, -0.25) is 9.59 Å². The van der Waals surface area contributed by atoms with Crippen LogP contribution in [-0.2, 0) is 11.8 Å². The number of amides is 1. The average molecular weight is 451 g/mol. The Bertz CT molecular complexity index is 1300. The summed E-state index contributed by atoms with van der Waals surface area (Å²) in [6, 6.07) is 14.6. The molecular formula is C23H19ClN4O2S. The lowest BCUT2D eigenvalue weighted by Gasteiger charge is -2.10. The first-order chi connectivity index (χ1) is 14.9. The zero-order valence-electron chi connectivity index (χ0n) is 16.9. The summed E-state index contributed by atoms with van der Waals surface area (Å²) in [6.45, 7) is 1.93. The fourth-order valence-corrected chi connectivity index (χ4v) is 4.16. The van der Waals surface area contributed by atoms with Crippen LogP contribution in [0.25, 0.3) is 10.9 Å². The monoisotopic (exact) mass is 450 g/mol. The van der Waals surface area contributed by atoms with Crippen LogP contribution in [0.15, 0.2) is 66.0 Å². The van der Waals surface area contributed by atoms with Crippen molar-refractivity contribution in [3.05, 3.63) is 82.9 Å². The summed E-state index contributed by atoms with van der Waals surface area (Å²) >= 11 is 7.45. The molecule has 0 bridgehead atoms. The molecule has 0 fully saturated rings. The minimum Gasteiger partial charge on any atom is -0.331 e. The number of pyridine rings is 1. The molecular weight excluding hydrogens is 432 g/mol. The molecule has 156 valence electrons. The van der Waals surface area contributed by atoms with E-state index in [9.17, 15) is 9.59 Å². The van der Waals surface area contributed by atoms with Crippen LogP contribution in [0.3, 0.4) is 0 Å². The van der Waals surface area contributed by atoms with Crippen LogP contribution in [0.2, 0.25) is 5.02 Å². The molecule has 0 aliphatic rings. The van der Waals surface area contributed by atoms with Crippen LogP contribution in [0.1, 0.15) is 21.7 Å². The van der Waals surface area contributed by atoms with Crippen LogP contribution in [0.5, 0.6) is 0 Å². The van der Waals surface area contributed by atoms with E-state index in [0.29, 0.717) is 32.6 Å². The Kier molecular flexibility index (Phi) is 6.06. The molecule has 4 rings (SSSR count). The van der Waals surface area contributed by atoms with E-state index in [1.165, 1.54) is 11.8 Å². The van der Waals surface area contributed by atoms with Gasteiger partial charge in [0.15, 0.2) is 5.82 Å². The molecule has 0 spiro atoms. The van der Waals surface area contributed by atoms with Gasteiger partial charge >= 0.3 is 0 Å². The molecule has 0 saturated heterocycles. The number of carbonyl (C=O) groups is 2. The minimum atomic E-state index is -0.206. The second kappa shape index (κ2) is 8.91. The lowest BCUT2D eigenvalue weighted by molar-refractivity contribution is -0.113. The maximum Gasteiger partial charge on any atom is 0.234 e. The summed E-state index contributed by atoms with van der Waals surface area (Å²) in [5.74, 6) is 0.0802. The predicted molar refractivity (Wildman–Crippen MR) is 124 cm³/mol. The summed E-state index contributed by atoms with van der Waals surface area (Å²) in [6.07, 6.45) is 3.32. The van der Waals surface area contributed by atoms with Gasteiger partial charge in [0.1, 0.15) is 0 Å². The van der Waals surface area contributed by atoms with E-state index in [4.69, 9.17) is 11.6 Å². The number of halogens is 1. The van der Waals surface area contributed by atoms with E-state index < -0.39 is 0 Å². The maximum absolute atomic E-state index is 13.1. The highest BCUT2D eigenvalue weighted by molar-refractivity contribution is 7.99. The van der Waals surface area contributed by atoms with Crippen molar-refractivity contribution in [2.24, 2.45) is 7.05 Å². The molecule has 4 aromatic rings. The fourth-order valence-electron chi connectivity index (χ4n) is 3.17. The van der Waals surface area contributed by atoms with E-state index in [0.717, 1.165) is 10.9 Å². The molecule has 2 heterocycles. The van der Waals surface area contributed by atoms with Crippen molar-refractivity contribution in [3.63, 3.8) is 0 Å². The van der Waals surface area contributed by atoms with Gasteiger partial charge in [0.05, 0.1) is 27.0 Å². The molecule has 0 radical (unpaired) electrons. The average Bonchev–Trinajstić information content (AvgIpc) is 3.19.